The molecule has 0 spiro atoms. The maximum Gasteiger partial charge on any atom is 0.332 e. The normalized spacial score (nSPS) is 23.5. The fourth-order valence-electron chi connectivity index (χ4n) is 1.57. The van der Waals surface area contributed by atoms with Gasteiger partial charge in [0.1, 0.15) is 10.8 Å². The molecular weight excluding hydrogens is 238 g/mol. The summed E-state index contributed by atoms with van der Waals surface area (Å²) >= 11 is 1.36. The molecule has 1 heterocycles. The van der Waals surface area contributed by atoms with Crippen LogP contribution in [0.1, 0.15) is 18.1 Å². The molecule has 4 nitrogen and oxygen atoms in total. The quantitative estimate of drug-likeness (QED) is 0.843. The summed E-state index contributed by atoms with van der Waals surface area (Å²) in [5.41, 5.74) is 0.471. The minimum Gasteiger partial charge on any atom is -0.507 e. The Morgan fingerprint density at radius 2 is 2.24 bits per heavy atom. The molecule has 1 aliphatic rings. The molecule has 17 heavy (non-hydrogen) atoms. The summed E-state index contributed by atoms with van der Waals surface area (Å²) < 4.78 is 0. The van der Waals surface area contributed by atoms with Crippen molar-refractivity contribution in [3.63, 3.8) is 0 Å². The Bertz CT molecular complexity index is 512. The second-order valence-corrected chi connectivity index (χ2v) is 5.27. The summed E-state index contributed by atoms with van der Waals surface area (Å²) in [6.45, 7) is 3.47. The van der Waals surface area contributed by atoms with Crippen molar-refractivity contribution >= 4 is 22.8 Å². The van der Waals surface area contributed by atoms with Gasteiger partial charge in [-0.25, -0.2) is 4.79 Å². The largest absolute Gasteiger partial charge is 0.507 e. The second-order valence-electron chi connectivity index (χ2n) is 4.31. The van der Waals surface area contributed by atoms with Crippen molar-refractivity contribution in [1.82, 2.24) is 0 Å². The van der Waals surface area contributed by atoms with Crippen molar-refractivity contribution < 1.29 is 15.0 Å². The summed E-state index contributed by atoms with van der Waals surface area (Å²) in [6, 6.07) is 5.29. The van der Waals surface area contributed by atoms with E-state index in [1.54, 1.807) is 19.1 Å². The molecule has 0 fully saturated rings. The summed E-state index contributed by atoms with van der Waals surface area (Å²) in [4.78, 5) is 15.3. The van der Waals surface area contributed by atoms with E-state index in [0.717, 1.165) is 5.56 Å². The molecule has 1 atom stereocenters. The predicted molar refractivity (Wildman–Crippen MR) is 67.9 cm³/mol. The fraction of sp³-hybridized carbons (Fsp3) is 0.333. The van der Waals surface area contributed by atoms with E-state index in [2.05, 4.69) is 4.99 Å². The molecule has 1 unspecified atom stereocenters. The van der Waals surface area contributed by atoms with Crippen LogP contribution >= 0.6 is 11.8 Å². The van der Waals surface area contributed by atoms with Gasteiger partial charge in [0, 0.05) is 11.3 Å². The Labute approximate surface area is 103 Å². The molecule has 2 N–H and O–H groups in total. The zero-order valence-electron chi connectivity index (χ0n) is 9.60. The van der Waals surface area contributed by atoms with Gasteiger partial charge in [0.05, 0.1) is 0 Å². The van der Waals surface area contributed by atoms with Gasteiger partial charge in [-0.15, -0.1) is 11.8 Å². The number of phenolic OH excluding ortho intramolecular Hbond substituents is 1. The van der Waals surface area contributed by atoms with Crippen LogP contribution in [0.4, 0.5) is 0 Å². The highest BCUT2D eigenvalue weighted by atomic mass is 32.2. The van der Waals surface area contributed by atoms with E-state index in [1.165, 1.54) is 11.8 Å². The van der Waals surface area contributed by atoms with Crippen LogP contribution in [0.25, 0.3) is 0 Å². The first-order valence-electron chi connectivity index (χ1n) is 5.18. The first kappa shape index (κ1) is 12.0. The van der Waals surface area contributed by atoms with Crippen LogP contribution in [-0.4, -0.2) is 32.5 Å². The van der Waals surface area contributed by atoms with Gasteiger partial charge in [-0.3, -0.25) is 4.99 Å². The van der Waals surface area contributed by atoms with Crippen LogP contribution in [-0.2, 0) is 4.79 Å². The van der Waals surface area contributed by atoms with Crippen LogP contribution in [0.3, 0.4) is 0 Å². The van der Waals surface area contributed by atoms with E-state index in [1.807, 2.05) is 13.0 Å². The maximum atomic E-state index is 11.1. The standard InChI is InChI=1S/C12H13NO3S/c1-7-3-4-8(9(14)5-7)10-13-12(2,6-17-10)11(15)16/h3-5,14H,6H2,1-2H3,(H,15,16). The summed E-state index contributed by atoms with van der Waals surface area (Å²) in [6.07, 6.45) is 0. The third-order valence-electron chi connectivity index (χ3n) is 2.68. The molecular formula is C12H13NO3S. The lowest BCUT2D eigenvalue weighted by molar-refractivity contribution is -0.141. The van der Waals surface area contributed by atoms with E-state index in [0.29, 0.717) is 16.4 Å². The van der Waals surface area contributed by atoms with E-state index in [9.17, 15) is 9.90 Å². The first-order valence-corrected chi connectivity index (χ1v) is 6.17. The molecule has 0 saturated carbocycles. The molecule has 0 aliphatic carbocycles. The molecule has 90 valence electrons. The van der Waals surface area contributed by atoms with E-state index < -0.39 is 11.5 Å². The highest BCUT2D eigenvalue weighted by molar-refractivity contribution is 8.14. The molecule has 1 aromatic rings. The Hall–Kier alpha value is -1.49. The molecule has 0 amide bonds. The third kappa shape index (κ3) is 2.15. The second kappa shape index (κ2) is 4.07. The number of aromatic hydroxyl groups is 1. The molecule has 2 rings (SSSR count). The van der Waals surface area contributed by atoms with Gasteiger partial charge in [-0.05, 0) is 31.5 Å². The minimum atomic E-state index is -1.09. The predicted octanol–water partition coefficient (Wildman–Crippen LogP) is 2.04. The number of carbonyl (C=O) groups is 1. The fourth-order valence-corrected chi connectivity index (χ4v) is 2.77. The molecule has 0 radical (unpaired) electrons. The number of aryl methyl sites for hydroxylation is 1. The van der Waals surface area contributed by atoms with Gasteiger partial charge >= 0.3 is 5.97 Å². The monoisotopic (exact) mass is 251 g/mol. The van der Waals surface area contributed by atoms with Crippen molar-refractivity contribution in [2.45, 2.75) is 19.4 Å². The number of hydrogen-bond acceptors (Lipinski definition) is 4. The maximum absolute atomic E-state index is 11.1. The SMILES string of the molecule is Cc1ccc(C2=NC(C)(C(=O)O)CS2)c(O)c1. The highest BCUT2D eigenvalue weighted by Gasteiger charge is 2.38. The summed E-state index contributed by atoms with van der Waals surface area (Å²) in [5, 5.41) is 19.5. The van der Waals surface area contributed by atoms with E-state index >= 15 is 0 Å². The van der Waals surface area contributed by atoms with E-state index in [4.69, 9.17) is 5.11 Å². The lowest BCUT2D eigenvalue weighted by Crippen LogP contribution is -2.33. The number of rotatable bonds is 2. The van der Waals surface area contributed by atoms with Crippen molar-refractivity contribution in [2.24, 2.45) is 4.99 Å². The van der Waals surface area contributed by atoms with Gasteiger partial charge in [0.2, 0.25) is 0 Å². The lowest BCUT2D eigenvalue weighted by atomic mass is 10.1. The molecule has 0 bridgehead atoms. The number of carboxylic acids is 1. The molecule has 1 aliphatic heterocycles. The number of hydrogen-bond donors (Lipinski definition) is 2. The van der Waals surface area contributed by atoms with Gasteiger partial charge in [-0.1, -0.05) is 6.07 Å². The first-order chi connectivity index (χ1) is 7.92. The van der Waals surface area contributed by atoms with Gasteiger partial charge in [0.25, 0.3) is 0 Å². The van der Waals surface area contributed by atoms with Gasteiger partial charge in [0.15, 0.2) is 5.54 Å². The number of aliphatic imine (C=N–C) groups is 1. The number of carboxylic acid groups (broad SMARTS) is 1. The summed E-state index contributed by atoms with van der Waals surface area (Å²) in [7, 11) is 0. The molecule has 0 saturated heterocycles. The zero-order valence-corrected chi connectivity index (χ0v) is 10.4. The number of thioether (sulfide) groups is 1. The van der Waals surface area contributed by atoms with Crippen molar-refractivity contribution in [2.75, 3.05) is 5.75 Å². The topological polar surface area (TPSA) is 69.9 Å². The zero-order chi connectivity index (χ0) is 12.6. The van der Waals surface area contributed by atoms with Crippen LogP contribution in [0.15, 0.2) is 23.2 Å². The number of benzene rings is 1. The third-order valence-corrected chi connectivity index (χ3v) is 3.97. The minimum absolute atomic E-state index is 0.144. The highest BCUT2D eigenvalue weighted by Crippen LogP contribution is 2.34. The van der Waals surface area contributed by atoms with Crippen LogP contribution < -0.4 is 0 Å². The molecule has 0 aromatic heterocycles. The number of phenols is 1. The van der Waals surface area contributed by atoms with Crippen LogP contribution in [0, 0.1) is 6.92 Å². The number of aliphatic carboxylic acids is 1. The van der Waals surface area contributed by atoms with Crippen molar-refractivity contribution in [1.29, 1.82) is 0 Å². The number of nitrogens with zero attached hydrogens (tertiary/aromatic N) is 1. The Morgan fingerprint density at radius 1 is 1.53 bits per heavy atom. The average molecular weight is 251 g/mol. The van der Waals surface area contributed by atoms with Crippen LogP contribution in [0.2, 0.25) is 0 Å². The van der Waals surface area contributed by atoms with E-state index in [-0.39, 0.29) is 5.75 Å². The van der Waals surface area contributed by atoms with Gasteiger partial charge in [-0.2, -0.15) is 0 Å². The molecule has 5 heteroatoms. The summed E-state index contributed by atoms with van der Waals surface area (Å²) in [5.74, 6) is -0.400. The van der Waals surface area contributed by atoms with Crippen molar-refractivity contribution in [3.05, 3.63) is 29.3 Å². The van der Waals surface area contributed by atoms with Crippen molar-refractivity contribution in [3.8, 4) is 5.75 Å². The van der Waals surface area contributed by atoms with Gasteiger partial charge < -0.3 is 10.2 Å². The average Bonchev–Trinajstić information content (AvgIpc) is 2.62. The smallest absolute Gasteiger partial charge is 0.332 e. The Balaban J connectivity index is 2.40. The molecule has 1 aromatic carbocycles. The van der Waals surface area contributed by atoms with Crippen LogP contribution in [0.5, 0.6) is 5.75 Å². The Morgan fingerprint density at radius 3 is 2.76 bits per heavy atom. The lowest BCUT2D eigenvalue weighted by Gasteiger charge is -2.11. The Kier molecular flexibility index (Phi) is 2.87.